The number of aliphatic hydroxyl groups is 1. The average Bonchev–Trinajstić information content (AvgIpc) is 3.21. The van der Waals surface area contributed by atoms with E-state index in [1.165, 1.54) is 13.2 Å². The van der Waals surface area contributed by atoms with Gasteiger partial charge in [-0.15, -0.1) is 0 Å². The van der Waals surface area contributed by atoms with E-state index in [4.69, 9.17) is 4.74 Å². The maximum absolute atomic E-state index is 13.8. The molecule has 1 aromatic carbocycles. The smallest absolute Gasteiger partial charge is 0.433 e. The molecule has 31 heavy (non-hydrogen) atoms. The van der Waals surface area contributed by atoms with Gasteiger partial charge in [0.05, 0.1) is 12.8 Å². The van der Waals surface area contributed by atoms with Crippen LogP contribution in [-0.2, 0) is 6.18 Å². The zero-order valence-corrected chi connectivity index (χ0v) is 16.8. The summed E-state index contributed by atoms with van der Waals surface area (Å²) >= 11 is 0. The highest BCUT2D eigenvalue weighted by Gasteiger charge is 2.36. The van der Waals surface area contributed by atoms with Crippen molar-refractivity contribution in [3.63, 3.8) is 0 Å². The Morgan fingerprint density at radius 2 is 1.87 bits per heavy atom. The lowest BCUT2D eigenvalue weighted by Gasteiger charge is -2.30. The summed E-state index contributed by atoms with van der Waals surface area (Å²) in [5.41, 5.74) is -0.568. The highest BCUT2D eigenvalue weighted by molar-refractivity contribution is 5.93. The molecule has 1 saturated heterocycles. The van der Waals surface area contributed by atoms with Crippen molar-refractivity contribution in [3.05, 3.63) is 47.8 Å². The van der Waals surface area contributed by atoms with Crippen molar-refractivity contribution >= 4 is 11.6 Å². The second-order valence-electron chi connectivity index (χ2n) is 7.47. The summed E-state index contributed by atoms with van der Waals surface area (Å²) in [4.78, 5) is 18.7. The first-order valence-corrected chi connectivity index (χ1v) is 9.82. The van der Waals surface area contributed by atoms with Crippen LogP contribution in [0.15, 0.2) is 36.4 Å². The molecule has 1 aliphatic rings. The van der Waals surface area contributed by atoms with Gasteiger partial charge in [0.1, 0.15) is 5.75 Å². The van der Waals surface area contributed by atoms with Crippen molar-refractivity contribution in [1.29, 1.82) is 0 Å². The summed E-state index contributed by atoms with van der Waals surface area (Å²) in [6, 6.07) is 8.70. The predicted octanol–water partition coefficient (Wildman–Crippen LogP) is 3.27. The lowest BCUT2D eigenvalue weighted by atomic mass is 9.98. The molecule has 0 spiro atoms. The first kappa shape index (κ1) is 21.1. The van der Waals surface area contributed by atoms with E-state index in [0.717, 1.165) is 6.07 Å². The molecule has 1 N–H and O–H groups in total. The summed E-state index contributed by atoms with van der Waals surface area (Å²) in [5, 5.41) is 13.2. The van der Waals surface area contributed by atoms with Gasteiger partial charge >= 0.3 is 6.18 Å². The number of amides is 1. The molecule has 0 unspecified atom stereocenters. The standard InChI is InChI=1S/C21H21F3N4O3/c1-31-15-4-2-14(3-5-15)16-10-18(21(22,23)24)28-19(25-16)11-17(26-28)20(30)27-8-6-13(12-29)7-9-27/h2-5,10-11,13,29H,6-9,12H2,1H3. The zero-order valence-electron chi connectivity index (χ0n) is 16.8. The van der Waals surface area contributed by atoms with Gasteiger partial charge in [-0.3, -0.25) is 4.79 Å². The minimum absolute atomic E-state index is 0.0589. The Hall–Kier alpha value is -3.14. The van der Waals surface area contributed by atoms with E-state index < -0.39 is 17.8 Å². The molecule has 1 aliphatic heterocycles. The summed E-state index contributed by atoms with van der Waals surface area (Å²) in [6.07, 6.45) is -3.40. The third kappa shape index (κ3) is 4.20. The fourth-order valence-corrected chi connectivity index (χ4v) is 3.67. The van der Waals surface area contributed by atoms with E-state index in [1.54, 1.807) is 29.2 Å². The summed E-state index contributed by atoms with van der Waals surface area (Å²) in [5.74, 6) is 0.264. The zero-order chi connectivity index (χ0) is 22.2. The van der Waals surface area contributed by atoms with Gasteiger partial charge < -0.3 is 14.7 Å². The van der Waals surface area contributed by atoms with E-state index in [9.17, 15) is 23.1 Å². The van der Waals surface area contributed by atoms with E-state index in [1.807, 2.05) is 0 Å². The second-order valence-corrected chi connectivity index (χ2v) is 7.47. The highest BCUT2D eigenvalue weighted by atomic mass is 19.4. The summed E-state index contributed by atoms with van der Waals surface area (Å²) in [6.45, 7) is 0.909. The van der Waals surface area contributed by atoms with Gasteiger partial charge in [-0.05, 0) is 49.1 Å². The second kappa shape index (κ2) is 8.18. The lowest BCUT2D eigenvalue weighted by Crippen LogP contribution is -2.39. The number of halogens is 3. The van der Waals surface area contributed by atoms with Crippen molar-refractivity contribution in [3.8, 4) is 17.0 Å². The maximum Gasteiger partial charge on any atom is 0.433 e. The number of rotatable bonds is 4. The molecule has 10 heteroatoms. The van der Waals surface area contributed by atoms with Gasteiger partial charge in [0.2, 0.25) is 0 Å². The summed E-state index contributed by atoms with van der Waals surface area (Å²) < 4.78 is 47.0. The number of benzene rings is 1. The molecule has 0 saturated carbocycles. The summed E-state index contributed by atoms with van der Waals surface area (Å²) in [7, 11) is 1.50. The molecule has 0 bridgehead atoms. The van der Waals surface area contributed by atoms with Crippen LogP contribution in [0.3, 0.4) is 0 Å². The molecule has 164 valence electrons. The molecular formula is C21H21F3N4O3. The number of methoxy groups -OCH3 is 1. The van der Waals surface area contributed by atoms with E-state index in [-0.39, 0.29) is 29.6 Å². The Bertz CT molecular complexity index is 1090. The van der Waals surface area contributed by atoms with Crippen LogP contribution in [0, 0.1) is 5.92 Å². The van der Waals surface area contributed by atoms with Crippen LogP contribution in [0.4, 0.5) is 13.2 Å². The number of nitrogens with zero attached hydrogens (tertiary/aromatic N) is 4. The van der Waals surface area contributed by atoms with Gasteiger partial charge in [-0.2, -0.15) is 18.3 Å². The Kier molecular flexibility index (Phi) is 5.57. The Morgan fingerprint density at radius 3 is 2.45 bits per heavy atom. The Morgan fingerprint density at radius 1 is 1.19 bits per heavy atom. The van der Waals surface area contributed by atoms with Crippen LogP contribution >= 0.6 is 0 Å². The number of aromatic nitrogens is 3. The van der Waals surface area contributed by atoms with Crippen LogP contribution < -0.4 is 4.74 Å². The molecule has 0 atom stereocenters. The topological polar surface area (TPSA) is 80.0 Å². The molecule has 0 aliphatic carbocycles. The number of fused-ring (bicyclic) bond motifs is 1. The molecular weight excluding hydrogens is 413 g/mol. The van der Waals surface area contributed by atoms with Crippen LogP contribution in [0.1, 0.15) is 29.0 Å². The molecule has 3 aromatic rings. The minimum atomic E-state index is -4.69. The van der Waals surface area contributed by atoms with Gasteiger partial charge in [-0.25, -0.2) is 9.50 Å². The SMILES string of the molecule is COc1ccc(-c2cc(C(F)(F)F)n3nc(C(=O)N4CCC(CO)CC4)cc3n2)cc1. The number of hydrogen-bond acceptors (Lipinski definition) is 5. The minimum Gasteiger partial charge on any atom is -0.497 e. The average molecular weight is 434 g/mol. The number of piperidine rings is 1. The first-order valence-electron chi connectivity index (χ1n) is 9.82. The molecule has 0 radical (unpaired) electrons. The molecule has 1 amide bonds. The van der Waals surface area contributed by atoms with Gasteiger partial charge in [0.25, 0.3) is 5.91 Å². The van der Waals surface area contributed by atoms with E-state index >= 15 is 0 Å². The third-order valence-electron chi connectivity index (χ3n) is 5.48. The molecule has 2 aromatic heterocycles. The van der Waals surface area contributed by atoms with Crippen molar-refractivity contribution < 1.29 is 27.8 Å². The lowest BCUT2D eigenvalue weighted by molar-refractivity contribution is -0.142. The van der Waals surface area contributed by atoms with E-state index in [0.29, 0.717) is 41.8 Å². The van der Waals surface area contributed by atoms with Gasteiger partial charge in [-0.1, -0.05) is 0 Å². The fourth-order valence-electron chi connectivity index (χ4n) is 3.67. The number of ether oxygens (including phenoxy) is 1. The van der Waals surface area contributed by atoms with E-state index in [2.05, 4.69) is 10.1 Å². The Labute approximate surface area is 176 Å². The largest absolute Gasteiger partial charge is 0.497 e. The quantitative estimate of drug-likeness (QED) is 0.682. The number of hydrogen-bond donors (Lipinski definition) is 1. The number of likely N-dealkylation sites (tertiary alicyclic amines) is 1. The maximum atomic E-state index is 13.8. The van der Waals surface area contributed by atoms with Crippen molar-refractivity contribution in [2.24, 2.45) is 5.92 Å². The number of carbonyl (C=O) groups excluding carboxylic acids is 1. The van der Waals surface area contributed by atoms with Crippen molar-refractivity contribution in [2.45, 2.75) is 19.0 Å². The third-order valence-corrected chi connectivity index (χ3v) is 5.48. The normalized spacial score (nSPS) is 15.5. The van der Waals surface area contributed by atoms with Crippen LogP contribution in [0.5, 0.6) is 5.75 Å². The molecule has 7 nitrogen and oxygen atoms in total. The highest BCUT2D eigenvalue weighted by Crippen LogP contribution is 2.33. The van der Waals surface area contributed by atoms with Gasteiger partial charge in [0, 0.05) is 31.3 Å². The van der Waals surface area contributed by atoms with Crippen molar-refractivity contribution in [2.75, 3.05) is 26.8 Å². The Balaban J connectivity index is 1.72. The van der Waals surface area contributed by atoms with Crippen molar-refractivity contribution in [1.82, 2.24) is 19.5 Å². The van der Waals surface area contributed by atoms with Gasteiger partial charge in [0.15, 0.2) is 17.0 Å². The number of alkyl halides is 3. The number of aliphatic hydroxyl groups excluding tert-OH is 1. The van der Waals surface area contributed by atoms with Crippen LogP contribution in [0.25, 0.3) is 16.9 Å². The van der Waals surface area contributed by atoms with Crippen LogP contribution in [-0.4, -0.2) is 57.3 Å². The van der Waals surface area contributed by atoms with Crippen LogP contribution in [0.2, 0.25) is 0 Å². The molecule has 4 rings (SSSR count). The molecule has 1 fully saturated rings. The predicted molar refractivity (Wildman–Crippen MR) is 106 cm³/mol. The monoisotopic (exact) mass is 434 g/mol. The first-order chi connectivity index (χ1) is 14.8. The number of carbonyl (C=O) groups is 1. The fraction of sp³-hybridized carbons (Fsp3) is 0.381. The molecule has 3 heterocycles.